The first-order valence-electron chi connectivity index (χ1n) is 8.11. The molecule has 0 atom stereocenters. The van der Waals surface area contributed by atoms with Crippen LogP contribution in [0.25, 0.3) is 0 Å². The largest absolute Gasteiger partial charge is 0.357 e. The molecule has 4 nitrogen and oxygen atoms in total. The smallest absolute Gasteiger partial charge is 0.191 e. The second-order valence-electron chi connectivity index (χ2n) is 5.53. The van der Waals surface area contributed by atoms with Crippen molar-refractivity contribution in [1.82, 2.24) is 15.5 Å². The molecule has 1 aliphatic rings. The molecular weight excluding hydrogens is 407 g/mol. The summed E-state index contributed by atoms with van der Waals surface area (Å²) in [6.07, 6.45) is 3.68. The molecule has 2 N–H and O–H groups in total. The summed E-state index contributed by atoms with van der Waals surface area (Å²) in [5.74, 6) is 0.958. The monoisotopic (exact) mass is 436 g/mol. The van der Waals surface area contributed by atoms with Gasteiger partial charge in [0.15, 0.2) is 5.96 Å². The van der Waals surface area contributed by atoms with Crippen molar-refractivity contribution in [3.05, 3.63) is 22.4 Å². The Hall–Kier alpha value is -0.340. The van der Waals surface area contributed by atoms with Crippen molar-refractivity contribution < 1.29 is 0 Å². The quantitative estimate of drug-likeness (QED) is 0.409. The molecule has 6 heteroatoms. The van der Waals surface area contributed by atoms with Crippen LogP contribution < -0.4 is 10.6 Å². The van der Waals surface area contributed by atoms with Crippen molar-refractivity contribution in [2.24, 2.45) is 4.99 Å². The molecule has 0 spiro atoms. The lowest BCUT2D eigenvalue weighted by molar-refractivity contribution is 0.206. The highest BCUT2D eigenvalue weighted by Crippen LogP contribution is 2.11. The molecule has 0 unspecified atom stereocenters. The molecular formula is C16H29IN4S. The van der Waals surface area contributed by atoms with Crippen molar-refractivity contribution in [3.8, 4) is 0 Å². The van der Waals surface area contributed by atoms with Crippen LogP contribution in [0, 0.1) is 0 Å². The topological polar surface area (TPSA) is 39.7 Å². The van der Waals surface area contributed by atoms with E-state index in [-0.39, 0.29) is 24.0 Å². The van der Waals surface area contributed by atoms with Crippen LogP contribution in [-0.4, -0.2) is 43.1 Å². The van der Waals surface area contributed by atoms with Gasteiger partial charge in [-0.25, -0.2) is 4.99 Å². The average molecular weight is 436 g/mol. The van der Waals surface area contributed by atoms with Gasteiger partial charge in [-0.05, 0) is 44.2 Å². The molecule has 1 aliphatic heterocycles. The predicted molar refractivity (Wildman–Crippen MR) is 107 cm³/mol. The van der Waals surface area contributed by atoms with Gasteiger partial charge in [0, 0.05) is 30.6 Å². The maximum atomic E-state index is 4.70. The summed E-state index contributed by atoms with van der Waals surface area (Å²) < 4.78 is 0. The Morgan fingerprint density at radius 2 is 2.14 bits per heavy atom. The van der Waals surface area contributed by atoms with Crippen molar-refractivity contribution >= 4 is 41.3 Å². The lowest BCUT2D eigenvalue weighted by atomic mass is 10.1. The highest BCUT2D eigenvalue weighted by molar-refractivity contribution is 14.0. The highest BCUT2D eigenvalue weighted by Gasteiger charge is 2.19. The average Bonchev–Trinajstić information content (AvgIpc) is 3.01. The molecule has 0 aromatic carbocycles. The fraction of sp³-hybridized carbons (Fsp3) is 0.688. The van der Waals surface area contributed by atoms with E-state index in [1.54, 1.807) is 11.3 Å². The number of thiophene rings is 1. The van der Waals surface area contributed by atoms with Crippen LogP contribution in [0.1, 0.15) is 38.0 Å². The van der Waals surface area contributed by atoms with Crippen molar-refractivity contribution in [1.29, 1.82) is 0 Å². The highest BCUT2D eigenvalue weighted by atomic mass is 127. The van der Waals surface area contributed by atoms with E-state index in [1.165, 1.54) is 43.8 Å². The molecule has 1 aromatic rings. The summed E-state index contributed by atoms with van der Waals surface area (Å²) in [6.45, 7) is 9.69. The van der Waals surface area contributed by atoms with Gasteiger partial charge in [-0.15, -0.1) is 35.3 Å². The third-order valence-electron chi connectivity index (χ3n) is 3.79. The summed E-state index contributed by atoms with van der Waals surface area (Å²) >= 11 is 1.77. The molecule has 0 aliphatic carbocycles. The lowest BCUT2D eigenvalue weighted by Gasteiger charge is -2.32. The van der Waals surface area contributed by atoms with Crippen LogP contribution in [0.2, 0.25) is 0 Å². The number of guanidine groups is 1. The summed E-state index contributed by atoms with van der Waals surface area (Å²) in [5.41, 5.74) is 0. The van der Waals surface area contributed by atoms with Gasteiger partial charge in [-0.1, -0.05) is 13.0 Å². The molecule has 0 saturated carbocycles. The minimum Gasteiger partial charge on any atom is -0.357 e. The number of aliphatic imine (C=N–C) groups is 1. The standard InChI is InChI=1S/C16H28N4S.HI/c1-3-9-20-10-7-14(8-11-20)19-16(17-4-2)18-13-15-6-5-12-21-15;/h5-6,12,14H,3-4,7-11,13H2,1-2H3,(H2,17,18,19);1H. The zero-order valence-electron chi connectivity index (χ0n) is 13.7. The molecule has 22 heavy (non-hydrogen) atoms. The summed E-state index contributed by atoms with van der Waals surface area (Å²) in [7, 11) is 0. The Kier molecular flexibility index (Phi) is 10.1. The SMILES string of the molecule is CCCN1CCC(NC(=NCc2cccs2)NCC)CC1.I. The number of hydrogen-bond acceptors (Lipinski definition) is 3. The number of rotatable bonds is 6. The minimum atomic E-state index is 0. The Labute approximate surface area is 155 Å². The van der Waals surface area contributed by atoms with Gasteiger partial charge in [0.05, 0.1) is 6.54 Å². The molecule has 0 amide bonds. The first-order valence-corrected chi connectivity index (χ1v) is 8.99. The van der Waals surface area contributed by atoms with Gasteiger partial charge in [-0.3, -0.25) is 0 Å². The van der Waals surface area contributed by atoms with Gasteiger partial charge < -0.3 is 15.5 Å². The van der Waals surface area contributed by atoms with Gasteiger partial charge in [0.25, 0.3) is 0 Å². The van der Waals surface area contributed by atoms with Crippen LogP contribution in [-0.2, 0) is 6.54 Å². The summed E-state index contributed by atoms with van der Waals surface area (Å²) in [4.78, 5) is 8.57. The first-order chi connectivity index (χ1) is 10.3. The van der Waals surface area contributed by atoms with Crippen LogP contribution >= 0.6 is 35.3 Å². The van der Waals surface area contributed by atoms with Gasteiger partial charge in [0.1, 0.15) is 0 Å². The Morgan fingerprint density at radius 1 is 1.36 bits per heavy atom. The maximum absolute atomic E-state index is 4.70. The van der Waals surface area contributed by atoms with E-state index in [2.05, 4.69) is 46.9 Å². The normalized spacial score (nSPS) is 17.1. The number of likely N-dealkylation sites (tertiary alicyclic amines) is 1. The van der Waals surface area contributed by atoms with Crippen LogP contribution in [0.3, 0.4) is 0 Å². The second kappa shape index (κ2) is 11.2. The number of hydrogen-bond donors (Lipinski definition) is 2. The molecule has 0 radical (unpaired) electrons. The Morgan fingerprint density at radius 3 is 2.73 bits per heavy atom. The van der Waals surface area contributed by atoms with Crippen molar-refractivity contribution in [2.75, 3.05) is 26.2 Å². The van der Waals surface area contributed by atoms with Gasteiger partial charge in [-0.2, -0.15) is 0 Å². The zero-order chi connectivity index (χ0) is 14.9. The number of piperidine rings is 1. The zero-order valence-corrected chi connectivity index (χ0v) is 16.8. The molecule has 0 bridgehead atoms. The van der Waals surface area contributed by atoms with Gasteiger partial charge in [0.2, 0.25) is 0 Å². The van der Waals surface area contributed by atoms with Crippen LogP contribution in [0.5, 0.6) is 0 Å². The summed E-state index contributed by atoms with van der Waals surface area (Å²) in [5, 5.41) is 9.06. The van der Waals surface area contributed by atoms with Crippen LogP contribution in [0.15, 0.2) is 22.5 Å². The fourth-order valence-corrected chi connectivity index (χ4v) is 3.32. The maximum Gasteiger partial charge on any atom is 0.191 e. The van der Waals surface area contributed by atoms with Crippen molar-refractivity contribution in [3.63, 3.8) is 0 Å². The van der Waals surface area contributed by atoms with E-state index in [0.29, 0.717) is 6.04 Å². The minimum absolute atomic E-state index is 0. The van der Waals surface area contributed by atoms with Gasteiger partial charge >= 0.3 is 0 Å². The molecule has 1 fully saturated rings. The number of nitrogens with one attached hydrogen (secondary N) is 2. The Balaban J connectivity index is 0.00000242. The van der Waals surface area contributed by atoms with E-state index < -0.39 is 0 Å². The molecule has 1 saturated heterocycles. The Bertz CT molecular complexity index is 414. The number of halogens is 1. The summed E-state index contributed by atoms with van der Waals surface area (Å²) in [6, 6.07) is 4.78. The van der Waals surface area contributed by atoms with E-state index in [9.17, 15) is 0 Å². The molecule has 1 aromatic heterocycles. The van der Waals surface area contributed by atoms with Crippen molar-refractivity contribution in [2.45, 2.75) is 45.7 Å². The van der Waals surface area contributed by atoms with E-state index in [1.807, 2.05) is 0 Å². The lowest BCUT2D eigenvalue weighted by Crippen LogP contribution is -2.48. The molecule has 2 rings (SSSR count). The van der Waals surface area contributed by atoms with E-state index in [4.69, 9.17) is 4.99 Å². The molecule has 2 heterocycles. The fourth-order valence-electron chi connectivity index (χ4n) is 2.69. The third kappa shape index (κ3) is 6.83. The number of nitrogens with zero attached hydrogens (tertiary/aromatic N) is 2. The first kappa shape index (κ1) is 19.7. The van der Waals surface area contributed by atoms with E-state index >= 15 is 0 Å². The third-order valence-corrected chi connectivity index (χ3v) is 4.65. The predicted octanol–water partition coefficient (Wildman–Crippen LogP) is 3.30. The van der Waals surface area contributed by atoms with Crippen LogP contribution in [0.4, 0.5) is 0 Å². The second-order valence-corrected chi connectivity index (χ2v) is 6.57. The van der Waals surface area contributed by atoms with E-state index in [0.717, 1.165) is 19.0 Å². The molecule has 126 valence electrons.